The van der Waals surface area contributed by atoms with Gasteiger partial charge in [-0.2, -0.15) is 0 Å². The third-order valence-electron chi connectivity index (χ3n) is 6.83. The highest BCUT2D eigenvalue weighted by Crippen LogP contribution is 2.32. The van der Waals surface area contributed by atoms with E-state index in [0.29, 0.717) is 28.3 Å². The Kier molecular flexibility index (Phi) is 7.78. The zero-order valence-corrected chi connectivity index (χ0v) is 22.7. The van der Waals surface area contributed by atoms with Crippen LogP contribution in [0.15, 0.2) is 54.6 Å². The average Bonchev–Trinajstić information content (AvgIpc) is 3.09. The molecule has 1 aromatic heterocycles. The Labute approximate surface area is 226 Å². The second kappa shape index (κ2) is 10.9. The molecule has 2 N–H and O–H groups in total. The molecule has 1 amide bonds. The number of hydrogen-bond donors (Lipinski definition) is 2. The van der Waals surface area contributed by atoms with Crippen molar-refractivity contribution in [2.45, 2.75) is 46.3 Å². The minimum Gasteiger partial charge on any atom is -0.479 e. The molecule has 0 fully saturated rings. The number of carbonyl (C=O) groups excluding carboxylic acids is 1. The normalized spacial score (nSPS) is 12.8. The second-order valence-electron chi connectivity index (χ2n) is 9.65. The van der Waals surface area contributed by atoms with E-state index in [1.54, 1.807) is 18.2 Å². The summed E-state index contributed by atoms with van der Waals surface area (Å²) in [7, 11) is 1.95. The van der Waals surface area contributed by atoms with Crippen molar-refractivity contribution in [2.75, 3.05) is 0 Å². The van der Waals surface area contributed by atoms with Crippen LogP contribution in [0, 0.1) is 19.7 Å². The fourth-order valence-corrected chi connectivity index (χ4v) is 4.74. The van der Waals surface area contributed by atoms with Crippen molar-refractivity contribution in [2.24, 2.45) is 7.05 Å². The average molecular weight is 537 g/mol. The molecule has 0 aliphatic carbocycles. The van der Waals surface area contributed by atoms with E-state index in [1.165, 1.54) is 19.1 Å². The predicted molar refractivity (Wildman–Crippen MR) is 147 cm³/mol. The maximum Gasteiger partial charge on any atom is 0.344 e. The van der Waals surface area contributed by atoms with E-state index >= 15 is 0 Å². The lowest BCUT2D eigenvalue weighted by molar-refractivity contribution is -0.144. The van der Waals surface area contributed by atoms with Gasteiger partial charge in [-0.05, 0) is 92.8 Å². The molecule has 0 aliphatic rings. The number of aliphatic carboxylic acids is 1. The number of fused-ring (bicyclic) bond motifs is 1. The zero-order chi connectivity index (χ0) is 27.7. The molecule has 4 aromatic rings. The summed E-state index contributed by atoms with van der Waals surface area (Å²) < 4.78 is 21.4. The summed E-state index contributed by atoms with van der Waals surface area (Å²) in [6, 6.07) is 15.3. The molecule has 8 heteroatoms. The number of amides is 1. The van der Waals surface area contributed by atoms with Gasteiger partial charge in [0.05, 0.1) is 11.1 Å². The molecule has 38 heavy (non-hydrogen) atoms. The Hall–Kier alpha value is -3.84. The van der Waals surface area contributed by atoms with Crippen LogP contribution < -0.4 is 10.1 Å². The fraction of sp³-hybridized carbons (Fsp3) is 0.267. The molecule has 6 nitrogen and oxygen atoms in total. The zero-order valence-electron chi connectivity index (χ0n) is 21.9. The molecule has 0 unspecified atom stereocenters. The molecule has 0 aliphatic heterocycles. The van der Waals surface area contributed by atoms with Gasteiger partial charge in [-0.3, -0.25) is 4.79 Å². The van der Waals surface area contributed by atoms with Gasteiger partial charge < -0.3 is 19.7 Å². The molecule has 1 heterocycles. The number of hydrogen-bond acceptors (Lipinski definition) is 3. The Bertz CT molecular complexity index is 1530. The van der Waals surface area contributed by atoms with Gasteiger partial charge >= 0.3 is 5.97 Å². The number of ether oxygens (including phenoxy) is 1. The monoisotopic (exact) mass is 536 g/mol. The van der Waals surface area contributed by atoms with Crippen LogP contribution in [-0.2, 0) is 18.3 Å². The first-order chi connectivity index (χ1) is 17.9. The van der Waals surface area contributed by atoms with E-state index < -0.39 is 12.1 Å². The van der Waals surface area contributed by atoms with Crippen LogP contribution in [0.25, 0.3) is 10.9 Å². The molecule has 0 radical (unpaired) electrons. The quantitative estimate of drug-likeness (QED) is 0.268. The van der Waals surface area contributed by atoms with Crippen molar-refractivity contribution >= 4 is 34.4 Å². The molecule has 0 spiro atoms. The Morgan fingerprint density at radius 3 is 2.50 bits per heavy atom. The number of carboxylic acid groups (broad SMARTS) is 1. The molecular formula is C30H30ClFN2O4. The Morgan fingerprint density at radius 1 is 1.08 bits per heavy atom. The molecular weight excluding hydrogens is 507 g/mol. The molecule has 198 valence electrons. The highest BCUT2D eigenvalue weighted by Gasteiger charge is 2.19. The SMILES string of the molecule is Cc1cc(F)cc([C@H](C)NC(=O)c2ccc3c(Cc4ccc(Cl)c(O[C@@H](C)C(=O)O)c4)c(C)n(C)c3c2)c1. The van der Waals surface area contributed by atoms with Gasteiger partial charge in [-0.1, -0.05) is 29.8 Å². The number of carboxylic acids is 1. The molecule has 2 atom stereocenters. The van der Waals surface area contributed by atoms with Crippen LogP contribution in [-0.4, -0.2) is 27.7 Å². The second-order valence-corrected chi connectivity index (χ2v) is 10.1. The highest BCUT2D eigenvalue weighted by molar-refractivity contribution is 6.32. The van der Waals surface area contributed by atoms with Crippen LogP contribution in [0.1, 0.15) is 58.2 Å². The van der Waals surface area contributed by atoms with Crippen molar-refractivity contribution in [3.05, 3.63) is 98.9 Å². The lowest BCUT2D eigenvalue weighted by Gasteiger charge is -2.15. The van der Waals surface area contributed by atoms with Crippen molar-refractivity contribution in [1.82, 2.24) is 9.88 Å². The summed E-state index contributed by atoms with van der Waals surface area (Å²) in [5.41, 5.74) is 5.95. The van der Waals surface area contributed by atoms with Gasteiger partial charge in [-0.25, -0.2) is 9.18 Å². The molecule has 0 saturated carbocycles. The van der Waals surface area contributed by atoms with E-state index in [1.807, 2.05) is 56.7 Å². The minimum atomic E-state index is -1.07. The standard InChI is InChI=1S/C30H30ClFN2O4/c1-16-10-22(14-23(32)11-16)17(2)33-29(35)21-7-8-24-25(18(3)34(5)27(24)15-21)12-20-6-9-26(31)28(13-20)38-19(4)30(36)37/h6-11,13-15,17,19H,12H2,1-5H3,(H,33,35)(H,36,37)/t17-,19-/m0/s1. The molecule has 4 rings (SSSR count). The Balaban J connectivity index is 1.60. The van der Waals surface area contributed by atoms with Crippen LogP contribution in [0.4, 0.5) is 4.39 Å². The van der Waals surface area contributed by atoms with Gasteiger partial charge in [0.1, 0.15) is 11.6 Å². The van der Waals surface area contributed by atoms with E-state index in [-0.39, 0.29) is 17.8 Å². The number of aromatic nitrogens is 1. The van der Waals surface area contributed by atoms with Gasteiger partial charge in [0.15, 0.2) is 6.10 Å². The number of nitrogens with zero attached hydrogens (tertiary/aromatic N) is 1. The topological polar surface area (TPSA) is 80.6 Å². The van der Waals surface area contributed by atoms with Gasteiger partial charge in [-0.15, -0.1) is 0 Å². The Morgan fingerprint density at radius 2 is 1.82 bits per heavy atom. The lowest BCUT2D eigenvalue weighted by atomic mass is 10.0. The predicted octanol–water partition coefficient (Wildman–Crippen LogP) is 6.52. The van der Waals surface area contributed by atoms with E-state index in [2.05, 4.69) is 5.32 Å². The fourth-order valence-electron chi connectivity index (χ4n) is 4.58. The van der Waals surface area contributed by atoms with Crippen molar-refractivity contribution in [3.63, 3.8) is 0 Å². The van der Waals surface area contributed by atoms with Crippen LogP contribution >= 0.6 is 11.6 Å². The molecule has 0 bridgehead atoms. The van der Waals surface area contributed by atoms with E-state index in [9.17, 15) is 19.1 Å². The lowest BCUT2D eigenvalue weighted by Crippen LogP contribution is -2.26. The van der Waals surface area contributed by atoms with Gasteiger partial charge in [0.2, 0.25) is 0 Å². The van der Waals surface area contributed by atoms with Crippen molar-refractivity contribution in [1.29, 1.82) is 0 Å². The number of aryl methyl sites for hydroxylation is 2. The summed E-state index contributed by atoms with van der Waals surface area (Å²) in [5.74, 6) is -1.32. The number of benzene rings is 3. The number of carbonyl (C=O) groups is 2. The summed E-state index contributed by atoms with van der Waals surface area (Å²) >= 11 is 6.24. The third kappa shape index (κ3) is 5.68. The summed E-state index contributed by atoms with van der Waals surface area (Å²) in [6.07, 6.45) is -0.459. The number of rotatable bonds is 8. The maximum atomic E-state index is 13.8. The third-order valence-corrected chi connectivity index (χ3v) is 7.14. The summed E-state index contributed by atoms with van der Waals surface area (Å²) in [4.78, 5) is 24.3. The summed E-state index contributed by atoms with van der Waals surface area (Å²) in [5, 5.41) is 13.5. The largest absolute Gasteiger partial charge is 0.479 e. The first-order valence-electron chi connectivity index (χ1n) is 12.3. The highest BCUT2D eigenvalue weighted by atomic mass is 35.5. The summed E-state index contributed by atoms with van der Waals surface area (Å²) in [6.45, 7) is 7.12. The van der Waals surface area contributed by atoms with Crippen LogP contribution in [0.3, 0.4) is 0 Å². The van der Waals surface area contributed by atoms with E-state index in [4.69, 9.17) is 16.3 Å². The van der Waals surface area contributed by atoms with Gasteiger partial charge in [0, 0.05) is 29.2 Å². The maximum absolute atomic E-state index is 13.8. The number of halogens is 2. The smallest absolute Gasteiger partial charge is 0.344 e. The van der Waals surface area contributed by atoms with Crippen LogP contribution in [0.2, 0.25) is 5.02 Å². The van der Waals surface area contributed by atoms with Crippen LogP contribution in [0.5, 0.6) is 5.75 Å². The first kappa shape index (κ1) is 27.2. The van der Waals surface area contributed by atoms with Crippen molar-refractivity contribution < 1.29 is 23.8 Å². The molecule has 3 aromatic carbocycles. The molecule has 0 saturated heterocycles. The number of nitrogens with one attached hydrogen (secondary N) is 1. The van der Waals surface area contributed by atoms with Crippen molar-refractivity contribution in [3.8, 4) is 5.75 Å². The van der Waals surface area contributed by atoms with Gasteiger partial charge in [0.25, 0.3) is 5.91 Å². The van der Waals surface area contributed by atoms with E-state index in [0.717, 1.165) is 33.3 Å². The minimum absolute atomic E-state index is 0.242. The first-order valence-corrected chi connectivity index (χ1v) is 12.7.